The smallest absolute Gasteiger partial charge is 0.471 e. The number of benzene rings is 1. The van der Waals surface area contributed by atoms with Gasteiger partial charge in [-0.15, -0.1) is 0 Å². The first kappa shape index (κ1) is 31.3. The maximum atomic E-state index is 13.5. The zero-order chi connectivity index (χ0) is 31.2. The standard InChI is InChI=1S/C25H24F3N7O7/c1-12(2)20(39)33-24-32-19-18(22(41)34-24)30-15(9-29-19)10-35(23(42)25(26,27)28)16-6-3-13(4-7-16)21(40)31-14(11-36)5-8-17(37)38/h3-4,6-7,9,11-12,14H,5,8,10H2,1-2H3,(H,31,40)(H,37,38)(H2,29,32,33,34,39,41)/t14-/m0/s1. The first-order valence-corrected chi connectivity index (χ1v) is 12.2. The van der Waals surface area contributed by atoms with Gasteiger partial charge in [-0.25, -0.2) is 9.97 Å². The molecule has 0 saturated carbocycles. The molecule has 14 nitrogen and oxygen atoms in total. The number of aromatic nitrogens is 4. The van der Waals surface area contributed by atoms with Gasteiger partial charge < -0.3 is 15.2 Å². The van der Waals surface area contributed by atoms with Crippen LogP contribution >= 0.6 is 0 Å². The second-order valence-electron chi connectivity index (χ2n) is 9.18. The van der Waals surface area contributed by atoms with Gasteiger partial charge in [0.1, 0.15) is 6.29 Å². The van der Waals surface area contributed by atoms with Crippen molar-refractivity contribution in [3.8, 4) is 0 Å². The lowest BCUT2D eigenvalue weighted by atomic mass is 10.1. The SMILES string of the molecule is CC(C)C(=O)Nc1nc2ncc(CN(C(=O)C(F)(F)F)c3ccc(C(=O)N[C@H](C=O)CCC(=O)O)cc3)nc2c(=O)[nH]1. The molecule has 0 spiro atoms. The number of halogens is 3. The van der Waals surface area contributed by atoms with Gasteiger partial charge in [0, 0.05) is 23.6 Å². The van der Waals surface area contributed by atoms with E-state index in [9.17, 15) is 41.9 Å². The van der Waals surface area contributed by atoms with Crippen molar-refractivity contribution in [2.24, 2.45) is 5.92 Å². The van der Waals surface area contributed by atoms with Crippen molar-refractivity contribution in [1.82, 2.24) is 25.3 Å². The van der Waals surface area contributed by atoms with Crippen LogP contribution in [0.4, 0.5) is 24.8 Å². The van der Waals surface area contributed by atoms with E-state index in [1.54, 1.807) is 13.8 Å². The lowest BCUT2D eigenvalue weighted by molar-refractivity contribution is -0.170. The number of carbonyl (C=O) groups excluding carboxylic acids is 4. The summed E-state index contributed by atoms with van der Waals surface area (Å²) in [4.78, 5) is 85.5. The van der Waals surface area contributed by atoms with E-state index in [4.69, 9.17) is 5.11 Å². The van der Waals surface area contributed by atoms with Crippen LogP contribution in [0.25, 0.3) is 11.2 Å². The third-order valence-corrected chi connectivity index (χ3v) is 5.63. The third kappa shape index (κ3) is 7.92. The van der Waals surface area contributed by atoms with E-state index in [0.29, 0.717) is 11.2 Å². The van der Waals surface area contributed by atoms with Crippen molar-refractivity contribution < 1.29 is 42.3 Å². The molecular weight excluding hydrogens is 567 g/mol. The summed E-state index contributed by atoms with van der Waals surface area (Å²) in [7, 11) is 0. The molecule has 3 aromatic rings. The molecule has 3 amide bonds. The Bertz CT molecular complexity index is 1570. The molecular formula is C25H24F3N7O7. The number of alkyl halides is 3. The molecule has 17 heteroatoms. The minimum Gasteiger partial charge on any atom is -0.481 e. The van der Waals surface area contributed by atoms with Gasteiger partial charge in [0.25, 0.3) is 11.5 Å². The number of carboxylic acid groups (broad SMARTS) is 1. The summed E-state index contributed by atoms with van der Waals surface area (Å²) < 4.78 is 40.4. The van der Waals surface area contributed by atoms with Gasteiger partial charge in [-0.05, 0) is 30.7 Å². The second-order valence-corrected chi connectivity index (χ2v) is 9.18. The topological polar surface area (TPSA) is 204 Å². The number of H-pyrrole nitrogens is 1. The van der Waals surface area contributed by atoms with Gasteiger partial charge in [0.2, 0.25) is 11.9 Å². The molecule has 1 atom stereocenters. The molecule has 4 N–H and O–H groups in total. The summed E-state index contributed by atoms with van der Waals surface area (Å²) in [5.41, 5.74) is -1.97. The number of rotatable bonds is 11. The zero-order valence-electron chi connectivity index (χ0n) is 22.1. The van der Waals surface area contributed by atoms with Crippen LogP contribution in [0.5, 0.6) is 0 Å². The predicted octanol–water partition coefficient (Wildman–Crippen LogP) is 1.57. The quantitative estimate of drug-likeness (QED) is 0.237. The minimum absolute atomic E-state index is 0.0798. The maximum Gasteiger partial charge on any atom is 0.471 e. The van der Waals surface area contributed by atoms with Crippen molar-refractivity contribution in [3.05, 3.63) is 52.1 Å². The second kappa shape index (κ2) is 13.0. The Hall–Kier alpha value is -5.22. The molecule has 0 aliphatic rings. The number of hydrogen-bond donors (Lipinski definition) is 4. The molecule has 2 heterocycles. The van der Waals surface area contributed by atoms with E-state index in [1.165, 1.54) is 0 Å². The van der Waals surface area contributed by atoms with E-state index in [-0.39, 0.29) is 46.9 Å². The van der Waals surface area contributed by atoms with Gasteiger partial charge in [-0.1, -0.05) is 13.8 Å². The Kier molecular flexibility index (Phi) is 9.66. The van der Waals surface area contributed by atoms with Gasteiger partial charge >= 0.3 is 18.1 Å². The average molecular weight is 592 g/mol. The molecule has 0 saturated heterocycles. The Morgan fingerprint density at radius 2 is 1.79 bits per heavy atom. The molecule has 0 unspecified atom stereocenters. The van der Waals surface area contributed by atoms with Crippen LogP contribution in [0.3, 0.4) is 0 Å². The summed E-state index contributed by atoms with van der Waals surface area (Å²) in [5, 5.41) is 13.4. The van der Waals surface area contributed by atoms with Crippen LogP contribution in [-0.2, 0) is 25.7 Å². The van der Waals surface area contributed by atoms with E-state index in [1.807, 2.05) is 0 Å². The number of hydrogen-bond acceptors (Lipinski definition) is 9. The highest BCUT2D eigenvalue weighted by Crippen LogP contribution is 2.26. The lowest BCUT2D eigenvalue weighted by Gasteiger charge is -2.24. The van der Waals surface area contributed by atoms with Crippen molar-refractivity contribution in [3.63, 3.8) is 0 Å². The fourth-order valence-corrected chi connectivity index (χ4v) is 3.44. The van der Waals surface area contributed by atoms with E-state index in [0.717, 1.165) is 30.5 Å². The molecule has 3 rings (SSSR count). The summed E-state index contributed by atoms with van der Waals surface area (Å²) in [5.74, 6) is -5.30. The number of nitrogens with zero attached hydrogens (tertiary/aromatic N) is 4. The molecule has 0 fully saturated rings. The molecule has 222 valence electrons. The first-order valence-electron chi connectivity index (χ1n) is 12.2. The van der Waals surface area contributed by atoms with Crippen LogP contribution < -0.4 is 21.1 Å². The van der Waals surface area contributed by atoms with Crippen LogP contribution in [0.15, 0.2) is 35.3 Å². The Morgan fingerprint density at radius 3 is 2.36 bits per heavy atom. The summed E-state index contributed by atoms with van der Waals surface area (Å²) in [6.45, 7) is 2.45. The van der Waals surface area contributed by atoms with Gasteiger partial charge in [0.15, 0.2) is 11.2 Å². The first-order chi connectivity index (χ1) is 19.7. The van der Waals surface area contributed by atoms with Crippen LogP contribution in [0.2, 0.25) is 0 Å². The highest BCUT2D eigenvalue weighted by molar-refractivity contribution is 5.99. The number of aliphatic carboxylic acids is 1. The number of aldehydes is 1. The van der Waals surface area contributed by atoms with Gasteiger partial charge in [0.05, 0.1) is 24.5 Å². The lowest BCUT2D eigenvalue weighted by Crippen LogP contribution is -2.41. The molecule has 0 bridgehead atoms. The van der Waals surface area contributed by atoms with E-state index in [2.05, 4.69) is 30.6 Å². The number of carbonyl (C=O) groups is 5. The molecule has 1 aromatic carbocycles. The number of nitrogens with one attached hydrogen (secondary N) is 3. The number of anilines is 2. The highest BCUT2D eigenvalue weighted by Gasteiger charge is 2.43. The van der Waals surface area contributed by atoms with Gasteiger partial charge in [-0.2, -0.15) is 18.2 Å². The fourth-order valence-electron chi connectivity index (χ4n) is 3.44. The minimum atomic E-state index is -5.30. The molecule has 0 aliphatic heterocycles. The molecule has 0 radical (unpaired) electrons. The van der Waals surface area contributed by atoms with Gasteiger partial charge in [-0.3, -0.25) is 39.2 Å². The van der Waals surface area contributed by atoms with Crippen LogP contribution in [-0.4, -0.2) is 67.2 Å². The average Bonchev–Trinajstić information content (AvgIpc) is 2.93. The molecule has 2 aromatic heterocycles. The maximum absolute atomic E-state index is 13.5. The normalized spacial score (nSPS) is 12.0. The fraction of sp³-hybridized carbons (Fsp3) is 0.320. The van der Waals surface area contributed by atoms with Crippen molar-refractivity contribution in [2.45, 2.75) is 45.5 Å². The number of aromatic amines is 1. The number of carboxylic acids is 1. The highest BCUT2D eigenvalue weighted by atomic mass is 19.4. The van der Waals surface area contributed by atoms with Crippen molar-refractivity contribution in [1.29, 1.82) is 0 Å². The number of fused-ring (bicyclic) bond motifs is 1. The van der Waals surface area contributed by atoms with Crippen LogP contribution in [0.1, 0.15) is 42.7 Å². The third-order valence-electron chi connectivity index (χ3n) is 5.63. The zero-order valence-corrected chi connectivity index (χ0v) is 22.1. The van der Waals surface area contributed by atoms with E-state index >= 15 is 0 Å². The Balaban J connectivity index is 1.87. The molecule has 42 heavy (non-hydrogen) atoms. The summed E-state index contributed by atoms with van der Waals surface area (Å²) in [6, 6.07) is 3.21. The Labute approximate surface area is 234 Å². The van der Waals surface area contributed by atoms with Crippen molar-refractivity contribution in [2.75, 3.05) is 10.2 Å². The monoisotopic (exact) mass is 591 g/mol. The summed E-state index contributed by atoms with van der Waals surface area (Å²) >= 11 is 0. The number of amides is 3. The molecule has 0 aliphatic carbocycles. The predicted molar refractivity (Wildman–Crippen MR) is 139 cm³/mol. The van der Waals surface area contributed by atoms with Crippen molar-refractivity contribution >= 4 is 52.8 Å². The largest absolute Gasteiger partial charge is 0.481 e. The van der Waals surface area contributed by atoms with E-state index < -0.39 is 53.9 Å². The van der Waals surface area contributed by atoms with Crippen LogP contribution in [0, 0.1) is 5.92 Å². The Morgan fingerprint density at radius 1 is 1.12 bits per heavy atom. The summed E-state index contributed by atoms with van der Waals surface area (Å²) in [6.07, 6.45) is -4.49.